The molecule has 0 bridgehead atoms. The van der Waals surface area contributed by atoms with E-state index in [9.17, 15) is 9.59 Å². The minimum atomic E-state index is -0.168. The average Bonchev–Trinajstić information content (AvgIpc) is 2.73. The van der Waals surface area contributed by atoms with Crippen LogP contribution in [0.15, 0.2) is 41.6 Å². The van der Waals surface area contributed by atoms with Crippen LogP contribution in [0.25, 0.3) is 0 Å². The van der Waals surface area contributed by atoms with Crippen molar-refractivity contribution < 1.29 is 9.59 Å². The van der Waals surface area contributed by atoms with Crippen LogP contribution in [0.3, 0.4) is 0 Å². The van der Waals surface area contributed by atoms with Crippen LogP contribution < -0.4 is 5.32 Å². The summed E-state index contributed by atoms with van der Waals surface area (Å²) in [6.07, 6.45) is 8.40. The van der Waals surface area contributed by atoms with Crippen molar-refractivity contribution in [3.8, 4) is 0 Å². The number of carbonyl (C=O) groups excluding carboxylic acids is 2. The number of nitrogens with zero attached hydrogens (tertiary/aromatic N) is 1. The first-order chi connectivity index (χ1) is 15.0. The fourth-order valence-electron chi connectivity index (χ4n) is 4.91. The van der Waals surface area contributed by atoms with Gasteiger partial charge < -0.3 is 10.2 Å². The summed E-state index contributed by atoms with van der Waals surface area (Å²) in [6.45, 7) is 10.6. The fourth-order valence-corrected chi connectivity index (χ4v) is 4.91. The molecule has 4 nitrogen and oxygen atoms in total. The van der Waals surface area contributed by atoms with Crippen LogP contribution in [0.4, 0.5) is 5.69 Å². The molecule has 4 atom stereocenters. The maximum atomic E-state index is 12.8. The predicted molar refractivity (Wildman–Crippen MR) is 128 cm³/mol. The number of rotatable bonds is 10. The average molecular weight is 423 g/mol. The molecule has 1 saturated heterocycles. The van der Waals surface area contributed by atoms with Gasteiger partial charge in [-0.3, -0.25) is 4.79 Å². The van der Waals surface area contributed by atoms with Gasteiger partial charge in [-0.05, 0) is 49.3 Å². The van der Waals surface area contributed by atoms with E-state index in [0.29, 0.717) is 5.92 Å². The van der Waals surface area contributed by atoms with Crippen molar-refractivity contribution in [2.45, 2.75) is 78.2 Å². The summed E-state index contributed by atoms with van der Waals surface area (Å²) < 4.78 is 0. The topological polar surface area (TPSA) is 49.4 Å². The van der Waals surface area contributed by atoms with E-state index < -0.39 is 0 Å². The van der Waals surface area contributed by atoms with Crippen molar-refractivity contribution in [1.29, 1.82) is 0 Å². The summed E-state index contributed by atoms with van der Waals surface area (Å²) in [7, 11) is 0. The van der Waals surface area contributed by atoms with Crippen molar-refractivity contribution in [2.24, 2.45) is 11.8 Å². The molecular formula is C27H38N2O2. The van der Waals surface area contributed by atoms with Crippen LogP contribution in [0.1, 0.15) is 77.7 Å². The lowest BCUT2D eigenvalue weighted by Crippen LogP contribution is -2.38. The lowest BCUT2D eigenvalue weighted by Gasteiger charge is -2.37. The Bertz CT molecular complexity index is 831. The highest BCUT2D eigenvalue weighted by atomic mass is 16.1. The quantitative estimate of drug-likeness (QED) is 0.386. The van der Waals surface area contributed by atoms with E-state index >= 15 is 0 Å². The van der Waals surface area contributed by atoms with Gasteiger partial charge in [-0.2, -0.15) is 0 Å². The van der Waals surface area contributed by atoms with Crippen LogP contribution in [-0.4, -0.2) is 35.8 Å². The number of Topliss-reactive ketones (excluding diaryl/α,β-unsaturated/α-hetero) is 1. The zero-order valence-corrected chi connectivity index (χ0v) is 19.6. The number of likely N-dealkylation sites (tertiary alicyclic amines) is 1. The Kier molecular flexibility index (Phi) is 8.15. The number of nitrogens with one attached hydrogen (secondary N) is 1. The Morgan fingerprint density at radius 2 is 1.84 bits per heavy atom. The molecule has 0 saturated carbocycles. The van der Waals surface area contributed by atoms with Gasteiger partial charge in [-0.1, -0.05) is 64.3 Å². The molecule has 31 heavy (non-hydrogen) atoms. The zero-order chi connectivity index (χ0) is 22.4. The maximum Gasteiger partial charge on any atom is 0.161 e. The lowest BCUT2D eigenvalue weighted by molar-refractivity contribution is -0.122. The standard InChI is InChI=1S/C27H38N2O2/c1-5-8-19(3)22-16-20(4)27(31)25(17-22)28-23-12-10-21(11-13-23)24(9-6-2)26(18-30)29-14-7-15-29/h10-13,16,19-20,24-25,28H,5-9,14-15,17H2,1-4H3. The maximum absolute atomic E-state index is 12.8. The first-order valence-electron chi connectivity index (χ1n) is 12.1. The molecule has 1 aliphatic carbocycles. The van der Waals surface area contributed by atoms with E-state index in [0.717, 1.165) is 68.6 Å². The molecule has 1 heterocycles. The van der Waals surface area contributed by atoms with E-state index in [1.54, 1.807) is 0 Å². The van der Waals surface area contributed by atoms with Crippen LogP contribution in [0, 0.1) is 11.8 Å². The Balaban J connectivity index is 1.72. The van der Waals surface area contributed by atoms with Crippen molar-refractivity contribution in [1.82, 2.24) is 4.90 Å². The van der Waals surface area contributed by atoms with Crippen molar-refractivity contribution >= 4 is 17.4 Å². The summed E-state index contributed by atoms with van der Waals surface area (Å²) >= 11 is 0. The third-order valence-corrected chi connectivity index (χ3v) is 6.91. The smallest absolute Gasteiger partial charge is 0.161 e. The SMILES string of the molecule is CCCC(C)C1=CC(C)C(=O)C(Nc2ccc(C(CCC)C(=C=O)N3CCC3)cc2)C1. The third-order valence-electron chi connectivity index (χ3n) is 6.91. The van der Waals surface area contributed by atoms with Crippen LogP contribution in [0.2, 0.25) is 0 Å². The van der Waals surface area contributed by atoms with E-state index in [-0.39, 0.29) is 23.7 Å². The summed E-state index contributed by atoms with van der Waals surface area (Å²) in [4.78, 5) is 26.7. The fraction of sp³-hybridized carbons (Fsp3) is 0.593. The molecule has 4 heteroatoms. The molecule has 1 aromatic rings. The van der Waals surface area contributed by atoms with Crippen molar-refractivity contribution in [3.05, 3.63) is 47.2 Å². The van der Waals surface area contributed by atoms with Gasteiger partial charge in [0.15, 0.2) is 5.78 Å². The van der Waals surface area contributed by atoms with Crippen molar-refractivity contribution in [3.63, 3.8) is 0 Å². The molecule has 1 N–H and O–H groups in total. The van der Waals surface area contributed by atoms with E-state index in [1.807, 2.05) is 6.92 Å². The second-order valence-electron chi connectivity index (χ2n) is 9.31. The van der Waals surface area contributed by atoms with Crippen molar-refractivity contribution in [2.75, 3.05) is 18.4 Å². The second kappa shape index (κ2) is 10.8. The number of carbonyl (C=O) groups is 1. The number of benzene rings is 1. The lowest BCUT2D eigenvalue weighted by atomic mass is 9.80. The molecule has 1 aromatic carbocycles. The molecule has 4 unspecified atom stereocenters. The first kappa shape index (κ1) is 23.3. The number of hydrogen-bond acceptors (Lipinski definition) is 4. The highest BCUT2D eigenvalue weighted by Crippen LogP contribution is 2.34. The van der Waals surface area contributed by atoms with E-state index in [1.165, 1.54) is 5.57 Å². The minimum absolute atomic E-state index is 0.0365. The number of allylic oxidation sites excluding steroid dienone is 2. The summed E-state index contributed by atoms with van der Waals surface area (Å²) in [5, 5.41) is 3.49. The molecule has 1 aliphatic heterocycles. The Morgan fingerprint density at radius 3 is 2.39 bits per heavy atom. The second-order valence-corrected chi connectivity index (χ2v) is 9.31. The molecule has 3 rings (SSSR count). The monoisotopic (exact) mass is 422 g/mol. The van der Waals surface area contributed by atoms with Gasteiger partial charge in [0.2, 0.25) is 0 Å². The molecule has 0 amide bonds. The van der Waals surface area contributed by atoms with Gasteiger partial charge in [0.05, 0.1) is 6.04 Å². The van der Waals surface area contributed by atoms with Gasteiger partial charge in [-0.15, -0.1) is 0 Å². The van der Waals surface area contributed by atoms with Crippen LogP contribution >= 0.6 is 0 Å². The number of ketones is 1. The minimum Gasteiger partial charge on any atom is -0.375 e. The van der Waals surface area contributed by atoms with Gasteiger partial charge in [0.25, 0.3) is 0 Å². The molecule has 168 valence electrons. The molecule has 1 fully saturated rings. The normalized spacial score (nSPS) is 22.8. The predicted octanol–water partition coefficient (Wildman–Crippen LogP) is 5.74. The molecular weight excluding hydrogens is 384 g/mol. The molecule has 2 aliphatic rings. The molecule has 0 radical (unpaired) electrons. The summed E-state index contributed by atoms with van der Waals surface area (Å²) in [6, 6.07) is 8.15. The Morgan fingerprint density at radius 1 is 1.16 bits per heavy atom. The van der Waals surface area contributed by atoms with Gasteiger partial charge in [0, 0.05) is 30.6 Å². The molecule has 0 spiro atoms. The van der Waals surface area contributed by atoms with E-state index in [2.05, 4.69) is 67.3 Å². The van der Waals surface area contributed by atoms with Gasteiger partial charge in [-0.25, -0.2) is 4.79 Å². The molecule has 0 aromatic heterocycles. The Hall–Kier alpha value is -2.32. The highest BCUT2D eigenvalue weighted by molar-refractivity contribution is 5.91. The largest absolute Gasteiger partial charge is 0.375 e. The Labute approximate surface area is 187 Å². The zero-order valence-electron chi connectivity index (χ0n) is 19.6. The summed E-state index contributed by atoms with van der Waals surface area (Å²) in [5.74, 6) is 3.08. The third kappa shape index (κ3) is 5.49. The van der Waals surface area contributed by atoms with Crippen LogP contribution in [-0.2, 0) is 9.59 Å². The number of anilines is 1. The summed E-state index contributed by atoms with van der Waals surface area (Å²) in [5.41, 5.74) is 4.32. The highest BCUT2D eigenvalue weighted by Gasteiger charge is 2.30. The van der Waals surface area contributed by atoms with E-state index in [4.69, 9.17) is 0 Å². The first-order valence-corrected chi connectivity index (χ1v) is 12.1. The van der Waals surface area contributed by atoms with Crippen LogP contribution in [0.5, 0.6) is 0 Å². The van der Waals surface area contributed by atoms with Gasteiger partial charge in [0.1, 0.15) is 11.6 Å². The van der Waals surface area contributed by atoms with Gasteiger partial charge >= 0.3 is 0 Å². The number of hydrogen-bond donors (Lipinski definition) is 1.